The molecule has 0 aliphatic carbocycles. The molecule has 0 atom stereocenters. The Hall–Kier alpha value is -4.02. The number of rotatable bonds is 7. The van der Waals surface area contributed by atoms with Gasteiger partial charge in [-0.25, -0.2) is 0 Å². The van der Waals surface area contributed by atoms with Crippen molar-refractivity contribution in [3.8, 4) is 33.6 Å². The van der Waals surface area contributed by atoms with E-state index in [4.69, 9.17) is 0 Å². The summed E-state index contributed by atoms with van der Waals surface area (Å²) in [5.41, 5.74) is 10.3. The molecule has 0 unspecified atom stereocenters. The van der Waals surface area contributed by atoms with Gasteiger partial charge in [-0.3, -0.25) is 4.39 Å². The molecule has 4 aromatic carbocycles. The summed E-state index contributed by atoms with van der Waals surface area (Å²) < 4.78 is 13.1. The summed E-state index contributed by atoms with van der Waals surface area (Å²) in [6, 6.07) is 44.5. The topological polar surface area (TPSA) is 25.8 Å². The maximum Gasteiger partial charge on any atom is 0.0799 e. The van der Waals surface area contributed by atoms with Crippen LogP contribution < -0.4 is 5.19 Å². The van der Waals surface area contributed by atoms with Crippen molar-refractivity contribution in [1.82, 2.24) is 9.97 Å². The van der Waals surface area contributed by atoms with Gasteiger partial charge >= 0.3 is 0 Å². The normalized spacial score (nSPS) is 11.2. The zero-order valence-electron chi connectivity index (χ0n) is 28.6. The molecule has 0 bridgehead atoms. The smallest absolute Gasteiger partial charge is 0.0799 e. The van der Waals surface area contributed by atoms with Crippen LogP contribution in [-0.4, -0.2) is 18.0 Å². The molecule has 1 radical (unpaired) electrons. The largest absolute Gasteiger partial charge is 0.305 e. The molecule has 0 spiro atoms. The van der Waals surface area contributed by atoms with Gasteiger partial charge in [-0.05, 0) is 46.5 Å². The molecule has 0 saturated heterocycles. The minimum Gasteiger partial charge on any atom is -0.305 e. The molecule has 0 aliphatic rings. The first-order valence-electron chi connectivity index (χ1n) is 16.2. The van der Waals surface area contributed by atoms with E-state index in [0.29, 0.717) is 0 Å². The first-order chi connectivity index (χ1) is 22.4. The van der Waals surface area contributed by atoms with Crippen LogP contribution in [0.1, 0.15) is 37.5 Å². The SMILES string of the molecule is CC(C)(C)Cc1ccnc(-c2[c-]cc(-c3ccccc3)cc2)c1.C[Si](C)(C)c1cnc(-c2[c-]cc(F)cc2)cc1Cc1ccccc1.[Ir]. The quantitative estimate of drug-likeness (QED) is 0.118. The molecule has 5 heteroatoms. The number of halogens is 1. The van der Waals surface area contributed by atoms with E-state index in [2.05, 4.69) is 141 Å². The first kappa shape index (κ1) is 36.8. The van der Waals surface area contributed by atoms with E-state index in [1.54, 1.807) is 6.07 Å². The van der Waals surface area contributed by atoms with Crippen LogP contribution in [0.5, 0.6) is 0 Å². The number of hydrogen-bond donors (Lipinski definition) is 0. The average molecular weight is 827 g/mol. The third-order valence-electron chi connectivity index (χ3n) is 7.84. The van der Waals surface area contributed by atoms with Gasteiger partial charge in [-0.1, -0.05) is 135 Å². The van der Waals surface area contributed by atoms with Crippen molar-refractivity contribution in [2.24, 2.45) is 5.41 Å². The summed E-state index contributed by atoms with van der Waals surface area (Å²) in [5, 5.41) is 1.37. The first-order valence-corrected chi connectivity index (χ1v) is 19.7. The van der Waals surface area contributed by atoms with Crippen LogP contribution in [-0.2, 0) is 32.9 Å². The molecule has 2 aromatic heterocycles. The van der Waals surface area contributed by atoms with Crippen LogP contribution in [0.25, 0.3) is 33.6 Å². The summed E-state index contributed by atoms with van der Waals surface area (Å²) in [5.74, 6) is -0.276. The van der Waals surface area contributed by atoms with Crippen molar-refractivity contribution < 1.29 is 24.5 Å². The van der Waals surface area contributed by atoms with Crippen molar-refractivity contribution in [2.45, 2.75) is 53.3 Å². The third kappa shape index (κ3) is 10.5. The Labute approximate surface area is 300 Å². The number of benzene rings is 4. The van der Waals surface area contributed by atoms with E-state index < -0.39 is 8.07 Å². The van der Waals surface area contributed by atoms with Crippen molar-refractivity contribution >= 4 is 13.3 Å². The maximum absolute atomic E-state index is 13.1. The summed E-state index contributed by atoms with van der Waals surface area (Å²) in [6.07, 6.45) is 5.84. The molecular weight excluding hydrogens is 784 g/mol. The Morgan fingerprint density at radius 2 is 1.29 bits per heavy atom. The maximum atomic E-state index is 13.1. The van der Waals surface area contributed by atoms with Gasteiger partial charge < -0.3 is 9.97 Å². The van der Waals surface area contributed by atoms with Crippen LogP contribution >= 0.6 is 0 Å². The summed E-state index contributed by atoms with van der Waals surface area (Å²) in [4.78, 5) is 9.14. The molecule has 6 rings (SSSR count). The van der Waals surface area contributed by atoms with Crippen molar-refractivity contribution in [2.75, 3.05) is 0 Å². The predicted molar refractivity (Wildman–Crippen MR) is 198 cm³/mol. The van der Waals surface area contributed by atoms with Crippen molar-refractivity contribution in [3.05, 3.63) is 162 Å². The fourth-order valence-electron chi connectivity index (χ4n) is 5.59. The summed E-state index contributed by atoms with van der Waals surface area (Å²) in [7, 11) is -1.50. The summed E-state index contributed by atoms with van der Waals surface area (Å²) in [6.45, 7) is 13.8. The molecular formula is C43H43FIrN2Si-2. The fourth-order valence-corrected chi connectivity index (χ4v) is 7.16. The molecule has 2 nitrogen and oxygen atoms in total. The second-order valence-corrected chi connectivity index (χ2v) is 19.2. The van der Waals surface area contributed by atoms with Gasteiger partial charge in [0, 0.05) is 38.3 Å². The van der Waals surface area contributed by atoms with Crippen LogP contribution in [0.3, 0.4) is 0 Å². The van der Waals surface area contributed by atoms with E-state index in [9.17, 15) is 4.39 Å². The minimum atomic E-state index is -1.50. The molecule has 48 heavy (non-hydrogen) atoms. The molecule has 6 aromatic rings. The molecule has 0 saturated carbocycles. The van der Waals surface area contributed by atoms with Crippen molar-refractivity contribution in [1.29, 1.82) is 0 Å². The second-order valence-electron chi connectivity index (χ2n) is 14.2. The zero-order chi connectivity index (χ0) is 33.4. The van der Waals surface area contributed by atoms with Gasteiger partial charge in [-0.15, -0.1) is 59.7 Å². The van der Waals surface area contributed by atoms with E-state index in [1.165, 1.54) is 45.1 Å². The van der Waals surface area contributed by atoms with Crippen LogP contribution in [0.2, 0.25) is 19.6 Å². The van der Waals surface area contributed by atoms with E-state index >= 15 is 0 Å². The van der Waals surface area contributed by atoms with Gasteiger partial charge in [0.15, 0.2) is 0 Å². The minimum absolute atomic E-state index is 0. The van der Waals surface area contributed by atoms with Gasteiger partial charge in [0.05, 0.1) is 8.07 Å². The summed E-state index contributed by atoms with van der Waals surface area (Å²) >= 11 is 0. The molecule has 0 amide bonds. The third-order valence-corrected chi connectivity index (χ3v) is 9.91. The fraction of sp³-hybridized carbons (Fsp3) is 0.209. The standard InChI is InChI=1S/C22H22N.C21H21FNSi.Ir/c1-22(2,3)16-17-13-14-23-21(15-17)20-11-9-19(10-12-20)18-7-5-4-6-8-18;1-24(2,3)21-15-23-20(17-9-11-19(22)12-10-17)14-18(21)13-16-7-5-4-6-8-16;/h4-11,13-15H,16H2,1-3H3;4-9,11-12,14-15H,13H2,1-3H3;/q2*-1;. The second kappa shape index (κ2) is 16.4. The van der Waals surface area contributed by atoms with Crippen LogP contribution in [0.4, 0.5) is 4.39 Å². The molecule has 247 valence electrons. The van der Waals surface area contributed by atoms with Crippen molar-refractivity contribution in [3.63, 3.8) is 0 Å². The molecule has 2 heterocycles. The molecule has 0 fully saturated rings. The average Bonchev–Trinajstić information content (AvgIpc) is 3.05. The van der Waals surface area contributed by atoms with Gasteiger partial charge in [-0.2, -0.15) is 0 Å². The molecule has 0 aliphatic heterocycles. The molecule has 0 N–H and O–H groups in total. The zero-order valence-corrected chi connectivity index (χ0v) is 32.0. The van der Waals surface area contributed by atoms with E-state index in [0.717, 1.165) is 35.4 Å². The number of pyridine rings is 2. The van der Waals surface area contributed by atoms with Gasteiger partial charge in [0.1, 0.15) is 0 Å². The monoisotopic (exact) mass is 827 g/mol. The van der Waals surface area contributed by atoms with Crippen LogP contribution in [0, 0.1) is 23.4 Å². The Kier molecular flexibility index (Phi) is 12.6. The Morgan fingerprint density at radius 1 is 0.667 bits per heavy atom. The number of hydrogen-bond acceptors (Lipinski definition) is 2. The van der Waals surface area contributed by atoms with E-state index in [-0.39, 0.29) is 31.3 Å². The Morgan fingerprint density at radius 3 is 1.88 bits per heavy atom. The number of nitrogens with zero attached hydrogens (tertiary/aromatic N) is 2. The van der Waals surface area contributed by atoms with Crippen LogP contribution in [0.15, 0.2) is 128 Å². The number of aromatic nitrogens is 2. The predicted octanol–water partition coefficient (Wildman–Crippen LogP) is 10.6. The Balaban J connectivity index is 0.000000212. The van der Waals surface area contributed by atoms with E-state index in [1.807, 2.05) is 30.6 Å². The van der Waals surface area contributed by atoms with Gasteiger partial charge in [0.2, 0.25) is 0 Å². The Bertz CT molecular complexity index is 1880. The van der Waals surface area contributed by atoms with Gasteiger partial charge in [0.25, 0.3) is 0 Å².